The Morgan fingerprint density at radius 1 is 1.06 bits per heavy atom. The van der Waals surface area contributed by atoms with Crippen LogP contribution in [0.4, 0.5) is 0 Å². The van der Waals surface area contributed by atoms with Crippen molar-refractivity contribution in [3.63, 3.8) is 0 Å². The van der Waals surface area contributed by atoms with Gasteiger partial charge in [-0.2, -0.15) is 0 Å². The van der Waals surface area contributed by atoms with Crippen molar-refractivity contribution in [2.24, 2.45) is 0 Å². The van der Waals surface area contributed by atoms with Crippen LogP contribution in [-0.2, 0) is 0 Å². The molecule has 0 spiro atoms. The van der Waals surface area contributed by atoms with Crippen molar-refractivity contribution in [2.75, 3.05) is 26.2 Å². The lowest BCUT2D eigenvalue weighted by atomic mass is 9.98. The highest BCUT2D eigenvalue weighted by Crippen LogP contribution is 2.57. The third-order valence-electron chi connectivity index (χ3n) is 7.71. The number of aryl methyl sites for hydroxylation is 1. The number of fused-ring (bicyclic) bond motifs is 5. The maximum absolute atomic E-state index is 6.88. The zero-order chi connectivity index (χ0) is 21.1. The minimum Gasteiger partial charge on any atom is -0.302 e. The first-order chi connectivity index (χ1) is 15.1. The molecule has 2 aromatic heterocycles. The van der Waals surface area contributed by atoms with E-state index in [1.807, 2.05) is 6.92 Å². The second-order valence-corrected chi connectivity index (χ2v) is 10.8. The number of rotatable bonds is 4. The predicted molar refractivity (Wildman–Crippen MR) is 128 cm³/mol. The van der Waals surface area contributed by atoms with Crippen LogP contribution in [-0.4, -0.2) is 52.0 Å². The van der Waals surface area contributed by atoms with E-state index in [0.29, 0.717) is 23.9 Å². The molecule has 4 aliphatic rings. The number of thiophene rings is 1. The molecule has 162 valence electrons. The predicted octanol–water partition coefficient (Wildman–Crippen LogP) is 5.77. The lowest BCUT2D eigenvalue weighted by Crippen LogP contribution is -2.39. The topological polar surface area (TPSA) is 32.3 Å². The molecular formula is C25H29ClN4S. The molecule has 6 heteroatoms. The summed E-state index contributed by atoms with van der Waals surface area (Å²) in [5.74, 6) is 1.79. The number of hydrogen-bond donors (Lipinski definition) is 0. The van der Waals surface area contributed by atoms with Gasteiger partial charge in [-0.05, 0) is 80.8 Å². The van der Waals surface area contributed by atoms with Gasteiger partial charge in [-0.3, -0.25) is 4.90 Å². The highest BCUT2D eigenvalue weighted by atomic mass is 35.5. The third kappa shape index (κ3) is 3.60. The van der Waals surface area contributed by atoms with Crippen molar-refractivity contribution in [3.8, 4) is 0 Å². The van der Waals surface area contributed by atoms with Crippen LogP contribution >= 0.6 is 22.9 Å². The molecule has 2 bridgehead atoms. The van der Waals surface area contributed by atoms with E-state index >= 15 is 0 Å². The number of piperidine rings is 1. The largest absolute Gasteiger partial charge is 0.302 e. The fraction of sp³-hybridized carbons (Fsp3) is 0.520. The summed E-state index contributed by atoms with van der Waals surface area (Å²) >= 11 is 8.58. The van der Waals surface area contributed by atoms with Gasteiger partial charge in [0, 0.05) is 41.5 Å². The van der Waals surface area contributed by atoms with Gasteiger partial charge >= 0.3 is 0 Å². The number of hydrogen-bond acceptors (Lipinski definition) is 5. The van der Waals surface area contributed by atoms with Crippen molar-refractivity contribution >= 4 is 33.2 Å². The molecule has 1 saturated carbocycles. The summed E-state index contributed by atoms with van der Waals surface area (Å²) in [4.78, 5) is 15.9. The van der Waals surface area contributed by atoms with E-state index in [-0.39, 0.29) is 0 Å². The second kappa shape index (κ2) is 7.80. The van der Waals surface area contributed by atoms with Crippen LogP contribution in [0.5, 0.6) is 0 Å². The van der Waals surface area contributed by atoms with Gasteiger partial charge in [-0.15, -0.1) is 11.3 Å². The smallest absolute Gasteiger partial charge is 0.127 e. The van der Waals surface area contributed by atoms with Crippen LogP contribution < -0.4 is 0 Å². The highest BCUT2D eigenvalue weighted by Gasteiger charge is 2.43. The van der Waals surface area contributed by atoms with Crippen molar-refractivity contribution in [1.29, 1.82) is 0 Å². The Morgan fingerprint density at radius 2 is 1.90 bits per heavy atom. The SMILES string of the molecule is Cc1nc([C@H]2C[C@@H]2c2ccc(C(C)N3CCN4CCC3CC4)cc2Cl)c2ccsc2n1. The summed E-state index contributed by atoms with van der Waals surface area (Å²) in [6.45, 7) is 9.24. The van der Waals surface area contributed by atoms with Crippen molar-refractivity contribution in [2.45, 2.75) is 57.0 Å². The summed E-state index contributed by atoms with van der Waals surface area (Å²) in [5.41, 5.74) is 3.84. The molecule has 4 fully saturated rings. The molecule has 3 aliphatic heterocycles. The highest BCUT2D eigenvalue weighted by molar-refractivity contribution is 7.16. The van der Waals surface area contributed by atoms with Gasteiger partial charge in [0.05, 0.1) is 5.69 Å². The second-order valence-electron chi connectivity index (χ2n) is 9.51. The number of halogens is 1. The zero-order valence-electron chi connectivity index (χ0n) is 18.2. The van der Waals surface area contributed by atoms with E-state index in [0.717, 1.165) is 22.1 Å². The van der Waals surface area contributed by atoms with Crippen LogP contribution in [0.1, 0.15) is 66.7 Å². The van der Waals surface area contributed by atoms with Crippen LogP contribution in [0.2, 0.25) is 5.02 Å². The normalized spacial score (nSPS) is 29.3. The summed E-state index contributed by atoms with van der Waals surface area (Å²) < 4.78 is 0. The molecule has 3 atom stereocenters. The Bertz CT molecular complexity index is 1120. The molecule has 4 nitrogen and oxygen atoms in total. The Kier molecular flexibility index (Phi) is 5.06. The number of nitrogens with zero attached hydrogens (tertiary/aromatic N) is 4. The van der Waals surface area contributed by atoms with Crippen LogP contribution in [0.3, 0.4) is 0 Å². The standard InChI is InChI=1S/C25H29ClN4S/c1-15(30-11-10-29-8-5-18(30)6-9-29)17-3-4-19(23(26)13-17)21-14-22(21)24-20-7-12-31-25(20)28-16(2)27-24/h3-4,7,12-13,15,18,21-22H,5-6,8-11,14H2,1-2H3/t15?,21-,22+/m1/s1. The van der Waals surface area contributed by atoms with Crippen LogP contribution in [0.25, 0.3) is 10.2 Å². The van der Waals surface area contributed by atoms with Gasteiger partial charge in [-0.1, -0.05) is 23.7 Å². The Hall–Kier alpha value is -1.53. The summed E-state index contributed by atoms with van der Waals surface area (Å²) in [6, 6.07) is 10.1. The lowest BCUT2D eigenvalue weighted by molar-refractivity contribution is 0.141. The average molecular weight is 453 g/mol. The molecular weight excluding hydrogens is 424 g/mol. The van der Waals surface area contributed by atoms with Gasteiger partial charge in [0.2, 0.25) is 0 Å². The Labute approximate surface area is 193 Å². The third-order valence-corrected chi connectivity index (χ3v) is 8.85. The van der Waals surface area contributed by atoms with E-state index in [1.165, 1.54) is 61.2 Å². The quantitative estimate of drug-likeness (QED) is 0.503. The molecule has 3 saturated heterocycles. The fourth-order valence-electron chi connectivity index (χ4n) is 5.83. The lowest BCUT2D eigenvalue weighted by Gasteiger charge is -2.36. The molecule has 0 N–H and O–H groups in total. The summed E-state index contributed by atoms with van der Waals surface area (Å²) in [7, 11) is 0. The molecule has 3 aromatic rings. The molecule has 5 heterocycles. The average Bonchev–Trinajstić information content (AvgIpc) is 3.50. The Balaban J connectivity index is 1.24. The van der Waals surface area contributed by atoms with Gasteiger partial charge < -0.3 is 4.90 Å². The van der Waals surface area contributed by atoms with Gasteiger partial charge in [0.1, 0.15) is 10.7 Å². The first-order valence-electron chi connectivity index (χ1n) is 11.6. The van der Waals surface area contributed by atoms with E-state index in [2.05, 4.69) is 51.4 Å². The van der Waals surface area contributed by atoms with E-state index in [4.69, 9.17) is 16.6 Å². The van der Waals surface area contributed by atoms with Gasteiger partial charge in [0.25, 0.3) is 0 Å². The Morgan fingerprint density at radius 3 is 2.71 bits per heavy atom. The molecule has 1 aromatic carbocycles. The number of benzene rings is 1. The minimum atomic E-state index is 0.416. The van der Waals surface area contributed by atoms with E-state index < -0.39 is 0 Å². The van der Waals surface area contributed by atoms with E-state index in [1.54, 1.807) is 11.3 Å². The molecule has 0 radical (unpaired) electrons. The first-order valence-corrected chi connectivity index (χ1v) is 12.8. The molecule has 1 unspecified atom stereocenters. The maximum Gasteiger partial charge on any atom is 0.127 e. The monoisotopic (exact) mass is 452 g/mol. The molecule has 31 heavy (non-hydrogen) atoms. The summed E-state index contributed by atoms with van der Waals surface area (Å²) in [5, 5.41) is 4.26. The number of aromatic nitrogens is 2. The zero-order valence-corrected chi connectivity index (χ0v) is 19.8. The van der Waals surface area contributed by atoms with E-state index in [9.17, 15) is 0 Å². The first kappa shape index (κ1) is 20.1. The maximum atomic E-state index is 6.88. The summed E-state index contributed by atoms with van der Waals surface area (Å²) in [6.07, 6.45) is 3.73. The van der Waals surface area contributed by atoms with Crippen LogP contribution in [0.15, 0.2) is 29.6 Å². The fourth-order valence-corrected chi connectivity index (χ4v) is 6.98. The van der Waals surface area contributed by atoms with Gasteiger partial charge in [0.15, 0.2) is 0 Å². The molecule has 1 aliphatic carbocycles. The van der Waals surface area contributed by atoms with Crippen molar-refractivity contribution < 1.29 is 0 Å². The van der Waals surface area contributed by atoms with Crippen LogP contribution in [0, 0.1) is 6.92 Å². The van der Waals surface area contributed by atoms with Gasteiger partial charge in [-0.25, -0.2) is 9.97 Å². The van der Waals surface area contributed by atoms with Crippen molar-refractivity contribution in [1.82, 2.24) is 19.8 Å². The minimum absolute atomic E-state index is 0.416. The molecule has 0 amide bonds. The molecule has 7 rings (SSSR count). The van der Waals surface area contributed by atoms with Crippen molar-refractivity contribution in [3.05, 3.63) is 57.3 Å².